The molecule has 2 N–H and O–H groups in total. The van der Waals surface area contributed by atoms with Crippen LogP contribution >= 0.6 is 0 Å². The van der Waals surface area contributed by atoms with Crippen molar-refractivity contribution in [3.05, 3.63) is 48.5 Å². The molecular formula is C18H16N2O6. The Balaban J connectivity index is 2.11. The van der Waals surface area contributed by atoms with Gasteiger partial charge in [-0.1, -0.05) is 24.3 Å². The molecule has 0 aliphatic rings. The van der Waals surface area contributed by atoms with Gasteiger partial charge in [0.2, 0.25) is 0 Å². The number of para-hydroxylation sites is 4. The maximum Gasteiger partial charge on any atom is 0.314 e. The van der Waals surface area contributed by atoms with Crippen molar-refractivity contribution in [1.29, 1.82) is 0 Å². The van der Waals surface area contributed by atoms with E-state index in [4.69, 9.17) is 9.47 Å². The molecule has 2 aromatic rings. The van der Waals surface area contributed by atoms with Crippen LogP contribution < -0.4 is 20.1 Å². The standard InChI is InChI=1S/C18H16N2O6/c1-11(21)25-15-9-5-3-7-13(15)19-17(23)18(24)20-14-8-4-6-10-16(14)26-12(2)22/h3-10H,1-2H3,(H,19,23)(H,20,24). The van der Waals surface area contributed by atoms with Crippen molar-refractivity contribution in [3.8, 4) is 11.5 Å². The first kappa shape index (κ1) is 18.7. The van der Waals surface area contributed by atoms with Gasteiger partial charge in [0.1, 0.15) is 0 Å². The summed E-state index contributed by atoms with van der Waals surface area (Å²) in [4.78, 5) is 46.4. The van der Waals surface area contributed by atoms with Gasteiger partial charge >= 0.3 is 23.8 Å². The Kier molecular flexibility index (Phi) is 6.05. The largest absolute Gasteiger partial charge is 0.424 e. The fourth-order valence-corrected chi connectivity index (χ4v) is 1.99. The minimum atomic E-state index is -0.984. The SMILES string of the molecule is CC(=O)Oc1ccccc1NC(=O)C(=O)Nc1ccccc1OC(C)=O. The summed E-state index contributed by atoms with van der Waals surface area (Å²) in [5.41, 5.74) is 0.326. The van der Waals surface area contributed by atoms with Crippen molar-refractivity contribution in [2.45, 2.75) is 13.8 Å². The minimum absolute atomic E-state index is 0.112. The zero-order chi connectivity index (χ0) is 19.1. The van der Waals surface area contributed by atoms with E-state index in [9.17, 15) is 19.2 Å². The Morgan fingerprint density at radius 1 is 0.654 bits per heavy atom. The van der Waals surface area contributed by atoms with E-state index < -0.39 is 23.8 Å². The summed E-state index contributed by atoms with van der Waals surface area (Å²) in [6, 6.07) is 12.4. The zero-order valence-corrected chi connectivity index (χ0v) is 14.1. The number of rotatable bonds is 4. The summed E-state index contributed by atoms with van der Waals surface area (Å²) >= 11 is 0. The lowest BCUT2D eigenvalue weighted by atomic mass is 10.2. The highest BCUT2D eigenvalue weighted by atomic mass is 16.5. The summed E-state index contributed by atoms with van der Waals surface area (Å²) in [7, 11) is 0. The van der Waals surface area contributed by atoms with Crippen molar-refractivity contribution in [2.24, 2.45) is 0 Å². The fourth-order valence-electron chi connectivity index (χ4n) is 1.99. The maximum absolute atomic E-state index is 12.1. The molecule has 0 unspecified atom stereocenters. The number of anilines is 2. The maximum atomic E-state index is 12.1. The Hall–Kier alpha value is -3.68. The van der Waals surface area contributed by atoms with Crippen molar-refractivity contribution in [2.75, 3.05) is 10.6 Å². The number of carbonyl (C=O) groups excluding carboxylic acids is 4. The lowest BCUT2D eigenvalue weighted by Gasteiger charge is -2.12. The Morgan fingerprint density at radius 3 is 1.35 bits per heavy atom. The van der Waals surface area contributed by atoms with Crippen LogP contribution in [0, 0.1) is 0 Å². The van der Waals surface area contributed by atoms with Crippen LogP contribution in [-0.4, -0.2) is 23.8 Å². The van der Waals surface area contributed by atoms with Crippen molar-refractivity contribution < 1.29 is 28.7 Å². The molecule has 8 nitrogen and oxygen atoms in total. The molecule has 0 heterocycles. The second-order valence-electron chi connectivity index (χ2n) is 5.09. The predicted octanol–water partition coefficient (Wildman–Crippen LogP) is 2.11. The topological polar surface area (TPSA) is 111 Å². The lowest BCUT2D eigenvalue weighted by Crippen LogP contribution is -2.29. The Bertz CT molecular complexity index is 791. The molecule has 0 bridgehead atoms. The van der Waals surface area contributed by atoms with Crippen LogP contribution in [-0.2, 0) is 19.2 Å². The van der Waals surface area contributed by atoms with Gasteiger partial charge in [0.25, 0.3) is 0 Å². The molecule has 8 heteroatoms. The van der Waals surface area contributed by atoms with Crippen LogP contribution in [0.25, 0.3) is 0 Å². The molecule has 0 saturated heterocycles. The predicted molar refractivity (Wildman–Crippen MR) is 92.8 cm³/mol. The highest BCUT2D eigenvalue weighted by molar-refractivity contribution is 6.44. The molecule has 2 rings (SSSR count). The molecule has 0 atom stereocenters. The second-order valence-corrected chi connectivity index (χ2v) is 5.09. The van der Waals surface area contributed by atoms with E-state index in [1.807, 2.05) is 0 Å². The minimum Gasteiger partial charge on any atom is -0.424 e. The third-order valence-corrected chi connectivity index (χ3v) is 2.98. The van der Waals surface area contributed by atoms with Gasteiger partial charge in [-0.15, -0.1) is 0 Å². The molecule has 0 aliphatic heterocycles. The van der Waals surface area contributed by atoms with Crippen LogP contribution in [0.4, 0.5) is 11.4 Å². The smallest absolute Gasteiger partial charge is 0.314 e. The van der Waals surface area contributed by atoms with Gasteiger partial charge in [-0.25, -0.2) is 0 Å². The zero-order valence-electron chi connectivity index (χ0n) is 14.1. The van der Waals surface area contributed by atoms with E-state index in [1.165, 1.54) is 38.1 Å². The van der Waals surface area contributed by atoms with Gasteiger partial charge in [-0.2, -0.15) is 0 Å². The van der Waals surface area contributed by atoms with E-state index in [2.05, 4.69) is 10.6 Å². The van der Waals surface area contributed by atoms with Gasteiger partial charge in [0.05, 0.1) is 11.4 Å². The molecule has 0 saturated carbocycles. The molecule has 2 amide bonds. The van der Waals surface area contributed by atoms with E-state index in [1.54, 1.807) is 24.3 Å². The van der Waals surface area contributed by atoms with Gasteiger partial charge in [0, 0.05) is 13.8 Å². The number of esters is 2. The Labute approximate surface area is 149 Å². The summed E-state index contributed by atoms with van der Waals surface area (Å²) in [6.07, 6.45) is 0. The highest BCUT2D eigenvalue weighted by Crippen LogP contribution is 2.25. The summed E-state index contributed by atoms with van der Waals surface area (Å²) < 4.78 is 9.93. The number of hydrogen-bond acceptors (Lipinski definition) is 6. The first-order valence-electron chi connectivity index (χ1n) is 7.54. The van der Waals surface area contributed by atoms with E-state index in [0.29, 0.717) is 0 Å². The number of ether oxygens (including phenoxy) is 2. The molecule has 2 aromatic carbocycles. The molecule has 26 heavy (non-hydrogen) atoms. The Morgan fingerprint density at radius 2 is 1.00 bits per heavy atom. The quantitative estimate of drug-likeness (QED) is 0.493. The average Bonchev–Trinajstić information content (AvgIpc) is 2.57. The molecule has 0 radical (unpaired) electrons. The van der Waals surface area contributed by atoms with Gasteiger partial charge in [0.15, 0.2) is 11.5 Å². The molecule has 134 valence electrons. The molecule has 0 aliphatic carbocycles. The van der Waals surface area contributed by atoms with Gasteiger partial charge < -0.3 is 20.1 Å². The first-order chi connectivity index (χ1) is 12.4. The summed E-state index contributed by atoms with van der Waals surface area (Å²) in [5, 5.41) is 4.72. The summed E-state index contributed by atoms with van der Waals surface area (Å²) in [6.45, 7) is 2.44. The van der Waals surface area contributed by atoms with Crippen LogP contribution in [0.1, 0.15) is 13.8 Å². The number of nitrogens with one attached hydrogen (secondary N) is 2. The first-order valence-corrected chi connectivity index (χ1v) is 7.54. The number of carbonyl (C=O) groups is 4. The lowest BCUT2D eigenvalue weighted by molar-refractivity contribution is -0.133. The molecule has 0 fully saturated rings. The van der Waals surface area contributed by atoms with E-state index in [-0.39, 0.29) is 22.9 Å². The van der Waals surface area contributed by atoms with Crippen LogP contribution in [0.5, 0.6) is 11.5 Å². The second kappa shape index (κ2) is 8.43. The third-order valence-electron chi connectivity index (χ3n) is 2.98. The van der Waals surface area contributed by atoms with Gasteiger partial charge in [-0.05, 0) is 24.3 Å². The van der Waals surface area contributed by atoms with Crippen molar-refractivity contribution >= 4 is 35.1 Å². The van der Waals surface area contributed by atoms with Gasteiger partial charge in [-0.3, -0.25) is 19.2 Å². The van der Waals surface area contributed by atoms with Crippen molar-refractivity contribution in [3.63, 3.8) is 0 Å². The normalized spacial score (nSPS) is 9.77. The van der Waals surface area contributed by atoms with Crippen molar-refractivity contribution in [1.82, 2.24) is 0 Å². The number of amides is 2. The van der Waals surface area contributed by atoms with E-state index in [0.717, 1.165) is 0 Å². The fraction of sp³-hybridized carbons (Fsp3) is 0.111. The van der Waals surface area contributed by atoms with E-state index >= 15 is 0 Å². The number of hydrogen-bond donors (Lipinski definition) is 2. The van der Waals surface area contributed by atoms with Crippen LogP contribution in [0.3, 0.4) is 0 Å². The number of benzene rings is 2. The molecular weight excluding hydrogens is 340 g/mol. The average molecular weight is 356 g/mol. The molecule has 0 aromatic heterocycles. The monoisotopic (exact) mass is 356 g/mol. The summed E-state index contributed by atoms with van der Waals surface area (Å²) in [5.74, 6) is -2.87. The van der Waals surface area contributed by atoms with Crippen LogP contribution in [0.2, 0.25) is 0 Å². The highest BCUT2D eigenvalue weighted by Gasteiger charge is 2.18. The third kappa shape index (κ3) is 5.17. The molecule has 0 spiro atoms. The van der Waals surface area contributed by atoms with Crippen LogP contribution in [0.15, 0.2) is 48.5 Å².